The number of thioether (sulfide) groups is 1. The highest BCUT2D eigenvalue weighted by molar-refractivity contribution is 7.99. The predicted octanol–water partition coefficient (Wildman–Crippen LogP) is 3.37. The van der Waals surface area contributed by atoms with Gasteiger partial charge in [-0.2, -0.15) is 11.8 Å². The van der Waals surface area contributed by atoms with E-state index in [1.807, 2.05) is 0 Å². The topological polar surface area (TPSA) is 12.0 Å². The van der Waals surface area contributed by atoms with E-state index in [2.05, 4.69) is 19.2 Å². The summed E-state index contributed by atoms with van der Waals surface area (Å²) in [4.78, 5) is 0. The van der Waals surface area contributed by atoms with Crippen LogP contribution in [0.25, 0.3) is 0 Å². The third-order valence-corrected chi connectivity index (χ3v) is 3.47. The highest BCUT2D eigenvalue weighted by Crippen LogP contribution is 2.23. The van der Waals surface area contributed by atoms with Crippen LogP contribution in [0.5, 0.6) is 0 Å². The summed E-state index contributed by atoms with van der Waals surface area (Å²) in [5.74, 6) is -0.0227. The zero-order chi connectivity index (χ0) is 12.1. The number of benzene rings is 1. The molecule has 0 saturated heterocycles. The largest absolute Gasteiger partial charge is 0.312 e. The van der Waals surface area contributed by atoms with Crippen LogP contribution in [0.3, 0.4) is 0 Å². The van der Waals surface area contributed by atoms with E-state index in [0.29, 0.717) is 10.8 Å². The van der Waals surface area contributed by atoms with Crippen LogP contribution in [0.15, 0.2) is 18.2 Å². The first-order chi connectivity index (χ1) is 7.54. The van der Waals surface area contributed by atoms with Gasteiger partial charge in [0.1, 0.15) is 11.6 Å². The van der Waals surface area contributed by atoms with E-state index in [1.54, 1.807) is 18.8 Å². The van der Waals surface area contributed by atoms with Crippen molar-refractivity contribution >= 4 is 11.8 Å². The van der Waals surface area contributed by atoms with Crippen molar-refractivity contribution in [3.8, 4) is 0 Å². The highest BCUT2D eigenvalue weighted by Gasteiger charge is 2.15. The molecule has 1 unspecified atom stereocenters. The van der Waals surface area contributed by atoms with Gasteiger partial charge in [-0.15, -0.1) is 0 Å². The van der Waals surface area contributed by atoms with Gasteiger partial charge in [0.05, 0.1) is 0 Å². The molecule has 16 heavy (non-hydrogen) atoms. The molecule has 1 N–H and O–H groups in total. The van der Waals surface area contributed by atoms with Gasteiger partial charge in [-0.05, 0) is 30.5 Å². The minimum absolute atomic E-state index is 0.150. The number of hydrogen-bond donors (Lipinski definition) is 1. The van der Waals surface area contributed by atoms with Crippen molar-refractivity contribution in [1.82, 2.24) is 5.32 Å². The van der Waals surface area contributed by atoms with Gasteiger partial charge in [0.25, 0.3) is 0 Å². The van der Waals surface area contributed by atoms with Crippen LogP contribution in [0.4, 0.5) is 8.78 Å². The van der Waals surface area contributed by atoms with Gasteiger partial charge in [0.2, 0.25) is 0 Å². The SMILES string of the molecule is CNC(CSC(C)C)c1cc(F)ccc1F. The summed E-state index contributed by atoms with van der Waals surface area (Å²) < 4.78 is 26.6. The molecule has 0 aliphatic heterocycles. The highest BCUT2D eigenvalue weighted by atomic mass is 32.2. The van der Waals surface area contributed by atoms with E-state index in [-0.39, 0.29) is 11.9 Å². The van der Waals surface area contributed by atoms with E-state index in [1.165, 1.54) is 12.1 Å². The second kappa shape index (κ2) is 6.21. The second-order valence-electron chi connectivity index (χ2n) is 3.89. The Labute approximate surface area is 99.6 Å². The Morgan fingerprint density at radius 1 is 1.31 bits per heavy atom. The van der Waals surface area contributed by atoms with Crippen molar-refractivity contribution in [1.29, 1.82) is 0 Å². The molecule has 0 amide bonds. The lowest BCUT2D eigenvalue weighted by molar-refractivity contribution is 0.549. The lowest BCUT2D eigenvalue weighted by Crippen LogP contribution is -2.21. The molecular weight excluding hydrogens is 228 g/mol. The van der Waals surface area contributed by atoms with Crippen molar-refractivity contribution in [2.45, 2.75) is 25.1 Å². The van der Waals surface area contributed by atoms with E-state index in [0.717, 1.165) is 11.8 Å². The van der Waals surface area contributed by atoms with Crippen LogP contribution < -0.4 is 5.32 Å². The molecule has 90 valence electrons. The molecule has 0 radical (unpaired) electrons. The average Bonchev–Trinajstić information content (AvgIpc) is 2.23. The normalized spacial score (nSPS) is 13.1. The molecule has 1 aromatic rings. The Hall–Kier alpha value is -0.610. The van der Waals surface area contributed by atoms with Crippen LogP contribution >= 0.6 is 11.8 Å². The molecule has 1 rings (SSSR count). The number of nitrogens with one attached hydrogen (secondary N) is 1. The number of halogens is 2. The molecule has 0 spiro atoms. The quantitative estimate of drug-likeness (QED) is 0.853. The smallest absolute Gasteiger partial charge is 0.128 e. The fourth-order valence-corrected chi connectivity index (χ4v) is 2.32. The molecule has 0 fully saturated rings. The standard InChI is InChI=1S/C12H17F2NS/c1-8(2)16-7-12(15-3)10-6-9(13)4-5-11(10)14/h4-6,8,12,15H,7H2,1-3H3. The maximum Gasteiger partial charge on any atom is 0.128 e. The summed E-state index contributed by atoms with van der Waals surface area (Å²) in [5, 5.41) is 3.49. The first kappa shape index (κ1) is 13.5. The fourth-order valence-electron chi connectivity index (χ4n) is 1.40. The van der Waals surface area contributed by atoms with Gasteiger partial charge in [-0.25, -0.2) is 8.78 Å². The molecule has 1 aromatic carbocycles. The maximum absolute atomic E-state index is 13.5. The Morgan fingerprint density at radius 3 is 2.56 bits per heavy atom. The summed E-state index contributed by atoms with van der Waals surface area (Å²) in [7, 11) is 1.76. The molecule has 0 saturated carbocycles. The Bertz CT molecular complexity index is 342. The third-order valence-electron chi connectivity index (χ3n) is 2.28. The molecule has 0 aliphatic rings. The summed E-state index contributed by atoms with van der Waals surface area (Å²) in [6.45, 7) is 4.17. The van der Waals surface area contributed by atoms with Crippen molar-refractivity contribution in [3.05, 3.63) is 35.4 Å². The molecule has 0 aliphatic carbocycles. The Morgan fingerprint density at radius 2 is 2.00 bits per heavy atom. The monoisotopic (exact) mass is 245 g/mol. The molecule has 1 nitrogen and oxygen atoms in total. The van der Waals surface area contributed by atoms with Crippen LogP contribution in [0, 0.1) is 11.6 Å². The van der Waals surface area contributed by atoms with E-state index >= 15 is 0 Å². The van der Waals surface area contributed by atoms with Gasteiger partial charge < -0.3 is 5.32 Å². The molecule has 0 bridgehead atoms. The Kier molecular flexibility index (Phi) is 5.22. The summed E-state index contributed by atoms with van der Waals surface area (Å²) >= 11 is 1.72. The zero-order valence-corrected chi connectivity index (χ0v) is 10.6. The minimum Gasteiger partial charge on any atom is -0.312 e. The van der Waals surface area contributed by atoms with Crippen molar-refractivity contribution in [3.63, 3.8) is 0 Å². The summed E-state index contributed by atoms with van der Waals surface area (Å²) in [6, 6.07) is 3.43. The minimum atomic E-state index is -0.397. The molecular formula is C12H17F2NS. The van der Waals surface area contributed by atoms with Gasteiger partial charge in [-0.1, -0.05) is 13.8 Å². The van der Waals surface area contributed by atoms with Gasteiger partial charge >= 0.3 is 0 Å². The molecule has 0 heterocycles. The molecule has 0 aromatic heterocycles. The summed E-state index contributed by atoms with van der Waals surface area (Å²) in [6.07, 6.45) is 0. The van der Waals surface area contributed by atoms with Crippen LogP contribution in [0.1, 0.15) is 25.5 Å². The van der Waals surface area contributed by atoms with Gasteiger partial charge in [0.15, 0.2) is 0 Å². The van der Waals surface area contributed by atoms with Gasteiger partial charge in [0, 0.05) is 17.4 Å². The fraction of sp³-hybridized carbons (Fsp3) is 0.500. The first-order valence-corrected chi connectivity index (χ1v) is 6.33. The van der Waals surface area contributed by atoms with Crippen molar-refractivity contribution < 1.29 is 8.78 Å². The van der Waals surface area contributed by atoms with E-state index < -0.39 is 5.82 Å². The van der Waals surface area contributed by atoms with Crippen molar-refractivity contribution in [2.24, 2.45) is 0 Å². The summed E-state index contributed by atoms with van der Waals surface area (Å²) in [5.41, 5.74) is 0.399. The predicted molar refractivity (Wildman–Crippen MR) is 65.8 cm³/mol. The third kappa shape index (κ3) is 3.76. The van der Waals surface area contributed by atoms with Gasteiger partial charge in [-0.3, -0.25) is 0 Å². The van der Waals surface area contributed by atoms with Crippen molar-refractivity contribution in [2.75, 3.05) is 12.8 Å². The average molecular weight is 245 g/mol. The van der Waals surface area contributed by atoms with E-state index in [9.17, 15) is 8.78 Å². The zero-order valence-electron chi connectivity index (χ0n) is 9.76. The lowest BCUT2D eigenvalue weighted by Gasteiger charge is -2.18. The van der Waals surface area contributed by atoms with Crippen LogP contribution in [0.2, 0.25) is 0 Å². The van der Waals surface area contributed by atoms with E-state index in [4.69, 9.17) is 0 Å². The van der Waals surface area contributed by atoms with Crippen LogP contribution in [-0.4, -0.2) is 18.1 Å². The molecule has 1 atom stereocenters. The first-order valence-electron chi connectivity index (χ1n) is 5.28. The Balaban J connectivity index is 2.81. The van der Waals surface area contributed by atoms with Crippen LogP contribution in [-0.2, 0) is 0 Å². The second-order valence-corrected chi connectivity index (χ2v) is 5.50. The molecule has 4 heteroatoms. The number of hydrogen-bond acceptors (Lipinski definition) is 2. The number of rotatable bonds is 5. The maximum atomic E-state index is 13.5. The lowest BCUT2D eigenvalue weighted by atomic mass is 10.1.